The van der Waals surface area contributed by atoms with Crippen molar-refractivity contribution in [1.29, 1.82) is 0 Å². The van der Waals surface area contributed by atoms with Crippen LogP contribution in [-0.2, 0) is 11.2 Å². The predicted molar refractivity (Wildman–Crippen MR) is 46.0 cm³/mol. The van der Waals surface area contributed by atoms with Crippen LogP contribution in [-0.4, -0.2) is 10.8 Å². The highest BCUT2D eigenvalue weighted by Crippen LogP contribution is 2.31. The molecule has 1 aromatic heterocycles. The Balaban J connectivity index is 2.42. The van der Waals surface area contributed by atoms with Crippen LogP contribution in [0.1, 0.15) is 30.5 Å². The van der Waals surface area contributed by atoms with Crippen LogP contribution in [0.15, 0.2) is 18.3 Å². The highest BCUT2D eigenvalue weighted by Gasteiger charge is 2.26. The van der Waals surface area contributed by atoms with Crippen LogP contribution < -0.4 is 0 Å². The van der Waals surface area contributed by atoms with Gasteiger partial charge in [-0.15, -0.1) is 0 Å². The Morgan fingerprint density at radius 3 is 3.25 bits per heavy atom. The number of rotatable bonds is 1. The summed E-state index contributed by atoms with van der Waals surface area (Å²) in [5.41, 5.74) is 2.25. The van der Waals surface area contributed by atoms with E-state index in [-0.39, 0.29) is 11.7 Å². The molecule has 0 N–H and O–H groups in total. The second kappa shape index (κ2) is 2.70. The quantitative estimate of drug-likeness (QED) is 0.627. The predicted octanol–water partition coefficient (Wildman–Crippen LogP) is 1.70. The van der Waals surface area contributed by atoms with Crippen molar-refractivity contribution in [2.75, 3.05) is 0 Å². The highest BCUT2D eigenvalue weighted by atomic mass is 16.1. The van der Waals surface area contributed by atoms with E-state index in [2.05, 4.69) is 11.1 Å². The molecule has 1 aromatic rings. The molecule has 2 rings (SSSR count). The maximum absolute atomic E-state index is 11.2. The van der Waals surface area contributed by atoms with Gasteiger partial charge in [-0.2, -0.15) is 0 Å². The van der Waals surface area contributed by atoms with E-state index in [1.165, 1.54) is 5.56 Å². The van der Waals surface area contributed by atoms with Gasteiger partial charge >= 0.3 is 0 Å². The van der Waals surface area contributed by atoms with Crippen LogP contribution in [0.3, 0.4) is 0 Å². The second-order valence-corrected chi connectivity index (χ2v) is 3.25. The Labute approximate surface area is 71.6 Å². The van der Waals surface area contributed by atoms with Gasteiger partial charge in [0, 0.05) is 6.20 Å². The van der Waals surface area contributed by atoms with Gasteiger partial charge in [-0.25, -0.2) is 0 Å². The van der Waals surface area contributed by atoms with Crippen molar-refractivity contribution >= 4 is 5.78 Å². The molecule has 1 heterocycles. The number of nitrogens with zero attached hydrogens (tertiary/aromatic N) is 1. The van der Waals surface area contributed by atoms with Crippen molar-refractivity contribution in [2.45, 2.75) is 25.7 Å². The van der Waals surface area contributed by atoms with Gasteiger partial charge in [0.15, 0.2) is 0 Å². The molecular weight excluding hydrogens is 150 g/mol. The maximum Gasteiger partial charge on any atom is 0.138 e. The number of Topliss-reactive ketones (excluding diaryl/α,β-unsaturated/α-hetero) is 1. The number of aromatic nitrogens is 1. The number of hydrogen-bond donors (Lipinski definition) is 0. The molecule has 1 aliphatic rings. The molecule has 0 radical (unpaired) electrons. The molecular formula is C10H11NO. The minimum absolute atomic E-state index is 0.0706. The van der Waals surface area contributed by atoms with Gasteiger partial charge in [0.05, 0.1) is 11.6 Å². The zero-order chi connectivity index (χ0) is 8.55. The Morgan fingerprint density at radius 1 is 1.67 bits per heavy atom. The van der Waals surface area contributed by atoms with Crippen molar-refractivity contribution in [3.05, 3.63) is 29.6 Å². The third-order valence-corrected chi connectivity index (χ3v) is 2.45. The molecule has 62 valence electrons. The van der Waals surface area contributed by atoms with Gasteiger partial charge in [0.2, 0.25) is 0 Å². The first-order valence-corrected chi connectivity index (χ1v) is 4.23. The second-order valence-electron chi connectivity index (χ2n) is 3.25. The van der Waals surface area contributed by atoms with Gasteiger partial charge in [0.25, 0.3) is 0 Å². The third-order valence-electron chi connectivity index (χ3n) is 2.45. The fourth-order valence-electron chi connectivity index (χ4n) is 1.81. The van der Waals surface area contributed by atoms with Crippen LogP contribution in [0.5, 0.6) is 0 Å². The number of pyridine rings is 1. The van der Waals surface area contributed by atoms with Gasteiger partial charge in [-0.1, -0.05) is 6.07 Å². The molecule has 0 bridgehead atoms. The average Bonchev–Trinajstić information content (AvgIpc) is 2.47. The first-order chi connectivity index (χ1) is 5.79. The Kier molecular flexibility index (Phi) is 1.68. The molecule has 1 atom stereocenters. The Hall–Kier alpha value is -1.18. The molecule has 1 aliphatic carbocycles. The number of carbonyl (C=O) groups is 1. The summed E-state index contributed by atoms with van der Waals surface area (Å²) >= 11 is 0. The summed E-state index contributed by atoms with van der Waals surface area (Å²) in [6, 6.07) is 3.99. The Morgan fingerprint density at radius 2 is 2.50 bits per heavy atom. The van der Waals surface area contributed by atoms with Gasteiger partial charge in [-0.3, -0.25) is 9.78 Å². The van der Waals surface area contributed by atoms with E-state index in [0.717, 1.165) is 18.5 Å². The van der Waals surface area contributed by atoms with E-state index in [0.29, 0.717) is 0 Å². The van der Waals surface area contributed by atoms with E-state index >= 15 is 0 Å². The molecule has 0 amide bonds. The summed E-state index contributed by atoms with van der Waals surface area (Å²) in [6.45, 7) is 1.65. The first-order valence-electron chi connectivity index (χ1n) is 4.23. The average molecular weight is 161 g/mol. The number of aryl methyl sites for hydroxylation is 1. The number of fused-ring (bicyclic) bond motifs is 1. The molecule has 2 nitrogen and oxygen atoms in total. The van der Waals surface area contributed by atoms with E-state index < -0.39 is 0 Å². The smallest absolute Gasteiger partial charge is 0.138 e. The van der Waals surface area contributed by atoms with Crippen LogP contribution in [0.4, 0.5) is 0 Å². The molecule has 0 spiro atoms. The Bertz CT molecular complexity index is 319. The summed E-state index contributed by atoms with van der Waals surface area (Å²) < 4.78 is 0. The fourth-order valence-corrected chi connectivity index (χ4v) is 1.81. The fraction of sp³-hybridized carbons (Fsp3) is 0.400. The largest absolute Gasteiger partial charge is 0.299 e. The minimum Gasteiger partial charge on any atom is -0.299 e. The number of ketones is 1. The zero-order valence-corrected chi connectivity index (χ0v) is 7.08. The summed E-state index contributed by atoms with van der Waals surface area (Å²) in [5, 5.41) is 0. The van der Waals surface area contributed by atoms with Crippen LogP contribution in [0.2, 0.25) is 0 Å². The molecule has 0 fully saturated rings. The number of hydrogen-bond acceptors (Lipinski definition) is 2. The van der Waals surface area contributed by atoms with Gasteiger partial charge in [-0.05, 0) is 31.4 Å². The molecule has 0 aliphatic heterocycles. The normalized spacial score (nSPS) is 20.6. The highest BCUT2D eigenvalue weighted by molar-refractivity contribution is 5.84. The van der Waals surface area contributed by atoms with Crippen LogP contribution in [0, 0.1) is 0 Å². The lowest BCUT2D eigenvalue weighted by molar-refractivity contribution is -0.118. The SMILES string of the molecule is CC(=O)C1CCc2cccnc21. The van der Waals surface area contributed by atoms with Crippen molar-refractivity contribution in [2.24, 2.45) is 0 Å². The van der Waals surface area contributed by atoms with Crippen molar-refractivity contribution in [3.63, 3.8) is 0 Å². The zero-order valence-electron chi connectivity index (χ0n) is 7.08. The lowest BCUT2D eigenvalue weighted by atomic mass is 10.0. The maximum atomic E-state index is 11.2. The molecule has 12 heavy (non-hydrogen) atoms. The summed E-state index contributed by atoms with van der Waals surface area (Å²) in [6.07, 6.45) is 3.72. The summed E-state index contributed by atoms with van der Waals surface area (Å²) in [7, 11) is 0. The monoisotopic (exact) mass is 161 g/mol. The van der Waals surface area contributed by atoms with Crippen LogP contribution in [0.25, 0.3) is 0 Å². The minimum atomic E-state index is 0.0706. The van der Waals surface area contributed by atoms with E-state index in [1.54, 1.807) is 13.1 Å². The van der Waals surface area contributed by atoms with Crippen molar-refractivity contribution in [1.82, 2.24) is 4.98 Å². The topological polar surface area (TPSA) is 30.0 Å². The first kappa shape index (κ1) is 7.47. The number of carbonyl (C=O) groups excluding carboxylic acids is 1. The van der Waals surface area contributed by atoms with Gasteiger partial charge in [0.1, 0.15) is 5.78 Å². The molecule has 0 saturated carbocycles. The molecule has 1 unspecified atom stereocenters. The summed E-state index contributed by atoms with van der Waals surface area (Å²) in [4.78, 5) is 15.4. The standard InChI is InChI=1S/C10H11NO/c1-7(12)9-5-4-8-3-2-6-11-10(8)9/h2-3,6,9H,4-5H2,1H3. The van der Waals surface area contributed by atoms with E-state index in [9.17, 15) is 4.79 Å². The molecule has 0 saturated heterocycles. The lowest BCUT2D eigenvalue weighted by Crippen LogP contribution is -2.05. The van der Waals surface area contributed by atoms with Crippen LogP contribution >= 0.6 is 0 Å². The van der Waals surface area contributed by atoms with E-state index in [1.807, 2.05) is 6.07 Å². The molecule has 2 heteroatoms. The van der Waals surface area contributed by atoms with E-state index in [4.69, 9.17) is 0 Å². The summed E-state index contributed by atoms with van der Waals surface area (Å²) in [5.74, 6) is 0.314. The third kappa shape index (κ3) is 1.04. The lowest BCUT2D eigenvalue weighted by Gasteiger charge is -2.04. The van der Waals surface area contributed by atoms with Crippen molar-refractivity contribution in [3.8, 4) is 0 Å². The van der Waals surface area contributed by atoms with Gasteiger partial charge < -0.3 is 0 Å². The molecule has 0 aromatic carbocycles. The van der Waals surface area contributed by atoms with Crippen molar-refractivity contribution < 1.29 is 4.79 Å².